The number of benzene rings is 2. The lowest BCUT2D eigenvalue weighted by Gasteiger charge is -2.36. The Balaban J connectivity index is 1.50. The summed E-state index contributed by atoms with van der Waals surface area (Å²) < 4.78 is 25.3. The van der Waals surface area contributed by atoms with Crippen LogP contribution in [0.4, 0.5) is 20.6 Å². The summed E-state index contributed by atoms with van der Waals surface area (Å²) in [6, 6.07) is 10.3. The van der Waals surface area contributed by atoms with Crippen LogP contribution in [-0.2, 0) is 9.53 Å². The number of aliphatic carboxylic acids is 1. The lowest BCUT2D eigenvalue weighted by molar-refractivity contribution is -0.153. The molecule has 0 spiro atoms. The van der Waals surface area contributed by atoms with E-state index in [2.05, 4.69) is 10.6 Å². The van der Waals surface area contributed by atoms with Crippen molar-refractivity contribution in [1.29, 1.82) is 0 Å². The van der Waals surface area contributed by atoms with Crippen LogP contribution in [0.1, 0.15) is 24.3 Å². The second-order valence-electron chi connectivity index (χ2n) is 7.31. The number of halogens is 1. The summed E-state index contributed by atoms with van der Waals surface area (Å²) in [4.78, 5) is 23.3. The lowest BCUT2D eigenvalue weighted by atomic mass is 9.84. The number of carboxylic acid groups (broad SMARTS) is 1. The maximum Gasteiger partial charge on any atom is 0.323 e. The van der Waals surface area contributed by atoms with Crippen molar-refractivity contribution in [3.8, 4) is 5.75 Å². The van der Waals surface area contributed by atoms with Gasteiger partial charge in [-0.05, 0) is 36.8 Å². The third-order valence-corrected chi connectivity index (χ3v) is 5.28. The summed E-state index contributed by atoms with van der Waals surface area (Å²) in [5, 5.41) is 23.9. The van der Waals surface area contributed by atoms with Crippen LogP contribution >= 0.6 is 0 Å². The Morgan fingerprint density at radius 2 is 1.97 bits per heavy atom. The topological polar surface area (TPSA) is 117 Å². The summed E-state index contributed by atoms with van der Waals surface area (Å²) in [7, 11) is 0. The molecule has 2 heterocycles. The van der Waals surface area contributed by atoms with Crippen molar-refractivity contribution < 1.29 is 33.7 Å². The molecule has 2 aromatic carbocycles. The molecule has 4 N–H and O–H groups in total. The van der Waals surface area contributed by atoms with Crippen molar-refractivity contribution >= 4 is 23.4 Å². The van der Waals surface area contributed by atoms with E-state index in [-0.39, 0.29) is 24.6 Å². The van der Waals surface area contributed by atoms with E-state index in [4.69, 9.17) is 14.6 Å². The van der Waals surface area contributed by atoms with Crippen molar-refractivity contribution in [2.45, 2.75) is 37.1 Å². The largest absolute Gasteiger partial charge is 0.487 e. The number of carbonyl (C=O) groups excluding carboxylic acids is 1. The summed E-state index contributed by atoms with van der Waals surface area (Å²) in [5.41, 5.74) is 1.35. The fourth-order valence-electron chi connectivity index (χ4n) is 4.01. The van der Waals surface area contributed by atoms with Crippen LogP contribution in [0.5, 0.6) is 5.75 Å². The SMILES string of the molecule is O=C(O)C[C@H]1C[C@H]2c3cc(NC(=O)Nc4ccccc4F)ccc3O[C@H]2[C@H](CO)O1. The Kier molecular flexibility index (Phi) is 5.56. The van der Waals surface area contributed by atoms with Gasteiger partial charge in [0, 0.05) is 17.2 Å². The number of hydrogen-bond donors (Lipinski definition) is 4. The summed E-state index contributed by atoms with van der Waals surface area (Å²) in [5.74, 6) is -1.09. The Hall–Kier alpha value is -3.17. The molecule has 30 heavy (non-hydrogen) atoms. The van der Waals surface area contributed by atoms with Crippen molar-refractivity contribution in [3.05, 3.63) is 53.8 Å². The molecule has 0 bridgehead atoms. The number of rotatable bonds is 5. The van der Waals surface area contributed by atoms with Crippen LogP contribution < -0.4 is 15.4 Å². The summed E-state index contributed by atoms with van der Waals surface area (Å²) >= 11 is 0. The van der Waals surface area contributed by atoms with Gasteiger partial charge in [0.15, 0.2) is 0 Å². The van der Waals surface area contributed by atoms with Crippen molar-refractivity contribution in [3.63, 3.8) is 0 Å². The minimum absolute atomic E-state index is 0.0614. The molecule has 8 nitrogen and oxygen atoms in total. The number of aliphatic hydroxyl groups is 1. The minimum atomic E-state index is -0.977. The second kappa shape index (κ2) is 8.29. The predicted octanol–water partition coefficient (Wildman–Crippen LogP) is 2.94. The van der Waals surface area contributed by atoms with Gasteiger partial charge < -0.3 is 30.3 Å². The van der Waals surface area contributed by atoms with Gasteiger partial charge in [-0.3, -0.25) is 4.79 Å². The van der Waals surface area contributed by atoms with Gasteiger partial charge in [0.1, 0.15) is 23.8 Å². The van der Waals surface area contributed by atoms with Gasteiger partial charge in [-0.2, -0.15) is 0 Å². The first kappa shape index (κ1) is 20.1. The lowest BCUT2D eigenvalue weighted by Crippen LogP contribution is -2.46. The molecule has 4 atom stereocenters. The van der Waals surface area contributed by atoms with E-state index in [1.165, 1.54) is 18.2 Å². The minimum Gasteiger partial charge on any atom is -0.487 e. The quantitative estimate of drug-likeness (QED) is 0.595. The Labute approximate surface area is 171 Å². The van der Waals surface area contributed by atoms with Crippen LogP contribution in [0.2, 0.25) is 0 Å². The van der Waals surface area contributed by atoms with E-state index < -0.39 is 36.1 Å². The smallest absolute Gasteiger partial charge is 0.323 e. The van der Waals surface area contributed by atoms with E-state index in [1.54, 1.807) is 24.3 Å². The highest BCUT2D eigenvalue weighted by Gasteiger charge is 2.46. The molecule has 2 amide bonds. The van der Waals surface area contributed by atoms with Crippen LogP contribution in [0.15, 0.2) is 42.5 Å². The van der Waals surface area contributed by atoms with Gasteiger partial charge >= 0.3 is 12.0 Å². The average molecular weight is 416 g/mol. The third-order valence-electron chi connectivity index (χ3n) is 5.28. The molecule has 0 unspecified atom stereocenters. The van der Waals surface area contributed by atoms with E-state index in [0.29, 0.717) is 17.9 Å². The fourth-order valence-corrected chi connectivity index (χ4v) is 4.01. The first-order chi connectivity index (χ1) is 14.4. The number of anilines is 2. The molecule has 158 valence electrons. The number of para-hydroxylation sites is 1. The molecule has 0 aliphatic carbocycles. The highest BCUT2D eigenvalue weighted by Crippen LogP contribution is 2.47. The van der Waals surface area contributed by atoms with E-state index in [0.717, 1.165) is 5.56 Å². The number of aliphatic hydroxyl groups excluding tert-OH is 1. The van der Waals surface area contributed by atoms with Crippen LogP contribution in [0.3, 0.4) is 0 Å². The second-order valence-corrected chi connectivity index (χ2v) is 7.31. The first-order valence-corrected chi connectivity index (χ1v) is 9.56. The summed E-state index contributed by atoms with van der Waals surface area (Å²) in [6.45, 7) is -0.290. The first-order valence-electron chi connectivity index (χ1n) is 9.56. The van der Waals surface area contributed by atoms with Gasteiger partial charge in [0.05, 0.1) is 24.8 Å². The molecule has 4 rings (SSSR count). The number of fused-ring (bicyclic) bond motifs is 3. The Bertz CT molecular complexity index is 968. The van der Waals surface area contributed by atoms with Crippen LogP contribution in [0, 0.1) is 5.82 Å². The molecule has 9 heteroatoms. The van der Waals surface area contributed by atoms with Crippen LogP contribution in [0.25, 0.3) is 0 Å². The standard InChI is InChI=1S/C21H21FN2O6/c22-15-3-1-2-4-16(15)24-21(28)23-11-5-6-17-13(7-11)14-8-12(9-19(26)27)29-18(10-25)20(14)30-17/h1-7,12,14,18,20,25H,8-10H2,(H,26,27)(H2,23,24,28)/t12-,14+,18+,20-/m1/s1. The van der Waals surface area contributed by atoms with Crippen LogP contribution in [-0.4, -0.2) is 47.1 Å². The Morgan fingerprint density at radius 1 is 1.17 bits per heavy atom. The van der Waals surface area contributed by atoms with E-state index in [1.807, 2.05) is 0 Å². The van der Waals surface area contributed by atoms with Crippen molar-refractivity contribution in [2.75, 3.05) is 17.2 Å². The van der Waals surface area contributed by atoms with E-state index >= 15 is 0 Å². The number of hydrogen-bond acceptors (Lipinski definition) is 5. The van der Waals surface area contributed by atoms with Gasteiger partial charge in [-0.15, -0.1) is 0 Å². The van der Waals surface area contributed by atoms with Gasteiger partial charge in [-0.25, -0.2) is 9.18 Å². The zero-order chi connectivity index (χ0) is 21.3. The number of urea groups is 1. The molecular formula is C21H21FN2O6. The average Bonchev–Trinajstić information content (AvgIpc) is 3.06. The maximum absolute atomic E-state index is 13.7. The number of carbonyl (C=O) groups is 2. The zero-order valence-corrected chi connectivity index (χ0v) is 15.9. The van der Waals surface area contributed by atoms with Gasteiger partial charge in [-0.1, -0.05) is 12.1 Å². The highest BCUT2D eigenvalue weighted by atomic mass is 19.1. The maximum atomic E-state index is 13.7. The van der Waals surface area contributed by atoms with Gasteiger partial charge in [0.25, 0.3) is 0 Å². The number of nitrogens with one attached hydrogen (secondary N) is 2. The normalized spacial score (nSPS) is 24.3. The van der Waals surface area contributed by atoms with Crippen molar-refractivity contribution in [1.82, 2.24) is 0 Å². The molecule has 1 fully saturated rings. The molecule has 1 saturated heterocycles. The molecule has 0 radical (unpaired) electrons. The summed E-state index contributed by atoms with van der Waals surface area (Å²) in [6.07, 6.45) is -1.36. The van der Waals surface area contributed by atoms with Crippen molar-refractivity contribution in [2.24, 2.45) is 0 Å². The van der Waals surface area contributed by atoms with Gasteiger partial charge in [0.2, 0.25) is 0 Å². The molecule has 0 aromatic heterocycles. The molecular weight excluding hydrogens is 395 g/mol. The molecule has 0 saturated carbocycles. The number of carboxylic acids is 1. The molecule has 2 aliphatic rings. The zero-order valence-electron chi connectivity index (χ0n) is 15.9. The Morgan fingerprint density at radius 3 is 2.70 bits per heavy atom. The third kappa shape index (κ3) is 4.07. The monoisotopic (exact) mass is 416 g/mol. The fraction of sp³-hybridized carbons (Fsp3) is 0.333. The predicted molar refractivity (Wildman–Crippen MR) is 105 cm³/mol. The highest BCUT2D eigenvalue weighted by molar-refractivity contribution is 5.99. The molecule has 2 aliphatic heterocycles. The number of amides is 2. The van der Waals surface area contributed by atoms with E-state index in [9.17, 15) is 19.1 Å². The number of ether oxygens (including phenoxy) is 2. The molecule has 2 aromatic rings.